The van der Waals surface area contributed by atoms with Crippen molar-refractivity contribution in [3.63, 3.8) is 0 Å². The molecular weight excluding hydrogens is 461 g/mol. The number of Topliss-reactive ketones (excluding diaryl/α,β-unsaturated/α-hetero) is 1. The molecule has 0 aliphatic carbocycles. The predicted octanol–water partition coefficient (Wildman–Crippen LogP) is 3.81. The van der Waals surface area contributed by atoms with Gasteiger partial charge in [0, 0.05) is 23.8 Å². The van der Waals surface area contributed by atoms with E-state index in [-0.39, 0.29) is 11.3 Å². The third-order valence-corrected chi connectivity index (χ3v) is 5.16. The fourth-order valence-electron chi connectivity index (χ4n) is 3.18. The Hall–Kier alpha value is -2.13. The van der Waals surface area contributed by atoms with Crippen LogP contribution in [0.5, 0.6) is 0 Å². The lowest BCUT2D eigenvalue weighted by molar-refractivity contribution is -0.129. The van der Waals surface area contributed by atoms with E-state index in [1.807, 2.05) is 24.3 Å². The van der Waals surface area contributed by atoms with Gasteiger partial charge in [-0.1, -0.05) is 12.1 Å². The van der Waals surface area contributed by atoms with E-state index in [9.17, 15) is 14.7 Å². The minimum Gasteiger partial charge on any atom is -0.503 e. The number of carbonyl (C=O) groups is 2. The summed E-state index contributed by atoms with van der Waals surface area (Å²) in [5.74, 6) is -0.857. The topological polar surface area (TPSA) is 80.0 Å². The van der Waals surface area contributed by atoms with Crippen LogP contribution < -0.4 is 0 Å². The Morgan fingerprint density at radius 2 is 1.96 bits per heavy atom. The van der Waals surface area contributed by atoms with Crippen LogP contribution in [0.15, 0.2) is 52.1 Å². The zero-order chi connectivity index (χ0) is 19.6. The van der Waals surface area contributed by atoms with E-state index in [0.29, 0.717) is 25.3 Å². The van der Waals surface area contributed by atoms with Crippen LogP contribution in [0.1, 0.15) is 34.3 Å². The van der Waals surface area contributed by atoms with Gasteiger partial charge in [0.25, 0.3) is 5.91 Å². The molecule has 27 heavy (non-hydrogen) atoms. The highest BCUT2D eigenvalue weighted by Crippen LogP contribution is 2.39. The number of carbonyl (C=O) groups excluding carboxylic acids is 2. The van der Waals surface area contributed by atoms with Crippen LogP contribution in [0.3, 0.4) is 0 Å². The largest absolute Gasteiger partial charge is 0.503 e. The van der Waals surface area contributed by atoms with Crippen molar-refractivity contribution in [2.75, 3.05) is 20.3 Å². The summed E-state index contributed by atoms with van der Waals surface area (Å²) < 4.78 is 11.5. The van der Waals surface area contributed by atoms with Gasteiger partial charge in [-0.25, -0.2) is 0 Å². The molecule has 1 aromatic carbocycles. The van der Waals surface area contributed by atoms with E-state index < -0.39 is 23.5 Å². The van der Waals surface area contributed by atoms with Gasteiger partial charge in [-0.3, -0.25) is 9.59 Å². The van der Waals surface area contributed by atoms with Crippen LogP contribution in [0.4, 0.5) is 0 Å². The van der Waals surface area contributed by atoms with Gasteiger partial charge in [0.15, 0.2) is 11.5 Å². The molecule has 1 N–H and O–H groups in total. The molecule has 1 aromatic heterocycles. The van der Waals surface area contributed by atoms with Gasteiger partial charge in [0.05, 0.1) is 11.6 Å². The van der Waals surface area contributed by atoms with Crippen molar-refractivity contribution in [1.29, 1.82) is 0 Å². The summed E-state index contributed by atoms with van der Waals surface area (Å²) in [4.78, 5) is 27.2. The van der Waals surface area contributed by atoms with Crippen molar-refractivity contribution < 1.29 is 23.8 Å². The molecule has 7 heteroatoms. The van der Waals surface area contributed by atoms with Gasteiger partial charge in [0.2, 0.25) is 5.78 Å². The minimum atomic E-state index is -0.663. The average Bonchev–Trinajstić information content (AvgIpc) is 3.19. The highest BCUT2D eigenvalue weighted by atomic mass is 127. The van der Waals surface area contributed by atoms with Crippen LogP contribution in [0, 0.1) is 10.5 Å². The summed E-state index contributed by atoms with van der Waals surface area (Å²) in [5.41, 5.74) is 0.810. The number of aryl methyl sites for hydroxylation is 1. The molecule has 0 saturated heterocycles. The second kappa shape index (κ2) is 8.26. The summed E-state index contributed by atoms with van der Waals surface area (Å²) in [7, 11) is 1.59. The SMILES string of the molecule is COCCCN1C(=O)C(O)=C(C(=O)c2ccc(C)o2)[C@H]1c1ccc(I)cc1. The standard InChI is InChI=1S/C20H20INO5/c1-12-4-9-15(27-12)18(23)16-17(13-5-7-14(21)8-6-13)22(10-3-11-26-2)20(25)19(16)24/h4-9,17,24H,3,10-11H2,1-2H3/t17-/m1/s1. The molecule has 0 bridgehead atoms. The molecule has 1 aliphatic rings. The quantitative estimate of drug-likeness (QED) is 0.370. The Morgan fingerprint density at radius 1 is 1.26 bits per heavy atom. The smallest absolute Gasteiger partial charge is 0.290 e. The van der Waals surface area contributed by atoms with Gasteiger partial charge in [-0.2, -0.15) is 0 Å². The molecule has 1 aliphatic heterocycles. The highest BCUT2D eigenvalue weighted by Gasteiger charge is 2.44. The minimum absolute atomic E-state index is 0.0491. The molecule has 1 atom stereocenters. The van der Waals surface area contributed by atoms with Crippen molar-refractivity contribution in [1.82, 2.24) is 4.90 Å². The number of ether oxygens (including phenoxy) is 1. The molecule has 0 saturated carbocycles. The molecular formula is C20H20INO5. The van der Waals surface area contributed by atoms with Crippen LogP contribution in [-0.4, -0.2) is 42.0 Å². The monoisotopic (exact) mass is 481 g/mol. The van der Waals surface area contributed by atoms with Crippen molar-refractivity contribution in [3.05, 3.63) is 68.4 Å². The molecule has 0 radical (unpaired) electrons. The number of nitrogens with zero attached hydrogens (tertiary/aromatic N) is 1. The van der Waals surface area contributed by atoms with Crippen molar-refractivity contribution in [3.8, 4) is 0 Å². The Labute approximate surface area is 170 Å². The number of halogens is 1. The van der Waals surface area contributed by atoms with E-state index in [4.69, 9.17) is 9.15 Å². The summed E-state index contributed by atoms with van der Waals surface area (Å²) >= 11 is 2.19. The Morgan fingerprint density at radius 3 is 2.56 bits per heavy atom. The van der Waals surface area contributed by atoms with Crippen LogP contribution in [0.2, 0.25) is 0 Å². The number of amides is 1. The lowest BCUT2D eigenvalue weighted by Crippen LogP contribution is -2.32. The first-order valence-electron chi connectivity index (χ1n) is 8.53. The van der Waals surface area contributed by atoms with E-state index in [1.165, 1.54) is 4.90 Å². The normalized spacial score (nSPS) is 17.1. The number of benzene rings is 1. The summed E-state index contributed by atoms with van der Waals surface area (Å²) in [6.07, 6.45) is 0.595. The van der Waals surface area contributed by atoms with Crippen molar-refractivity contribution >= 4 is 34.3 Å². The highest BCUT2D eigenvalue weighted by molar-refractivity contribution is 14.1. The van der Waals surface area contributed by atoms with E-state index >= 15 is 0 Å². The summed E-state index contributed by atoms with van der Waals surface area (Å²) in [6.45, 7) is 2.57. The molecule has 0 fully saturated rings. The first-order valence-corrected chi connectivity index (χ1v) is 9.61. The van der Waals surface area contributed by atoms with Gasteiger partial charge in [-0.05, 0) is 65.8 Å². The maximum atomic E-state index is 13.0. The fraction of sp³-hybridized carbons (Fsp3) is 0.300. The van der Waals surface area contributed by atoms with E-state index in [0.717, 1.165) is 9.13 Å². The number of hydrogen-bond acceptors (Lipinski definition) is 5. The van der Waals surface area contributed by atoms with E-state index in [2.05, 4.69) is 22.6 Å². The zero-order valence-corrected chi connectivity index (χ0v) is 17.2. The molecule has 2 aromatic rings. The first kappa shape index (κ1) is 19.6. The van der Waals surface area contributed by atoms with Crippen molar-refractivity contribution in [2.24, 2.45) is 0 Å². The third-order valence-electron chi connectivity index (χ3n) is 4.45. The third kappa shape index (κ3) is 3.93. The molecule has 0 spiro atoms. The fourth-order valence-corrected chi connectivity index (χ4v) is 3.54. The molecule has 142 valence electrons. The number of ketones is 1. The number of hydrogen-bond donors (Lipinski definition) is 1. The first-order chi connectivity index (χ1) is 12.9. The van der Waals surface area contributed by atoms with E-state index in [1.54, 1.807) is 26.2 Å². The van der Waals surface area contributed by atoms with Crippen LogP contribution >= 0.6 is 22.6 Å². The molecule has 2 heterocycles. The Bertz CT molecular complexity index is 884. The van der Waals surface area contributed by atoms with Gasteiger partial charge in [-0.15, -0.1) is 0 Å². The molecule has 0 unspecified atom stereocenters. The molecule has 3 rings (SSSR count). The average molecular weight is 481 g/mol. The second-order valence-electron chi connectivity index (χ2n) is 6.30. The lowest BCUT2D eigenvalue weighted by atomic mass is 9.95. The van der Waals surface area contributed by atoms with Gasteiger partial charge in [0.1, 0.15) is 5.76 Å². The Kier molecular flexibility index (Phi) is 6.01. The maximum Gasteiger partial charge on any atom is 0.290 e. The number of aliphatic hydroxyl groups is 1. The number of aliphatic hydroxyl groups excluding tert-OH is 1. The second-order valence-corrected chi connectivity index (χ2v) is 7.55. The predicted molar refractivity (Wildman–Crippen MR) is 108 cm³/mol. The van der Waals surface area contributed by atoms with Gasteiger partial charge < -0.3 is 19.2 Å². The zero-order valence-electron chi connectivity index (χ0n) is 15.1. The molecule has 6 nitrogen and oxygen atoms in total. The summed E-state index contributed by atoms with van der Waals surface area (Å²) in [5, 5.41) is 10.5. The maximum absolute atomic E-state index is 13.0. The van der Waals surface area contributed by atoms with Crippen LogP contribution in [-0.2, 0) is 9.53 Å². The van der Waals surface area contributed by atoms with Gasteiger partial charge >= 0.3 is 0 Å². The lowest BCUT2D eigenvalue weighted by Gasteiger charge is -2.26. The number of furan rings is 1. The number of methoxy groups -OCH3 is 1. The van der Waals surface area contributed by atoms with Crippen LogP contribution in [0.25, 0.3) is 0 Å². The van der Waals surface area contributed by atoms with Crippen molar-refractivity contribution in [2.45, 2.75) is 19.4 Å². The summed E-state index contributed by atoms with van der Waals surface area (Å²) in [6, 6.07) is 10.1. The molecule has 1 amide bonds. The number of rotatable bonds is 7. The Balaban J connectivity index is 2.03.